The van der Waals surface area contributed by atoms with Gasteiger partial charge in [-0.1, -0.05) is 39.5 Å². The van der Waals surface area contributed by atoms with E-state index in [1.165, 1.54) is 60.8 Å². The lowest BCUT2D eigenvalue weighted by Gasteiger charge is -2.14. The first-order valence-electron chi connectivity index (χ1n) is 8.74. The minimum absolute atomic E-state index is 1.26. The molecule has 0 aliphatic rings. The number of benzene rings is 1. The van der Waals surface area contributed by atoms with Crippen molar-refractivity contribution in [1.29, 1.82) is 0 Å². The van der Waals surface area contributed by atoms with E-state index in [-0.39, 0.29) is 0 Å². The number of fused-ring (bicyclic) bond motifs is 3. The Bertz CT molecular complexity index is 669. The Balaban J connectivity index is 2.07. The van der Waals surface area contributed by atoms with E-state index in [1.54, 1.807) is 21.9 Å². The van der Waals surface area contributed by atoms with Crippen molar-refractivity contribution in [2.75, 3.05) is 0 Å². The number of hydrogen-bond donors (Lipinski definition) is 0. The summed E-state index contributed by atoms with van der Waals surface area (Å²) in [5.41, 5.74) is 3.32. The van der Waals surface area contributed by atoms with E-state index in [0.29, 0.717) is 0 Å². The first-order valence-corrected chi connectivity index (χ1v) is 10.5. The molecule has 0 aliphatic heterocycles. The van der Waals surface area contributed by atoms with Crippen molar-refractivity contribution in [3.05, 3.63) is 34.0 Å². The van der Waals surface area contributed by atoms with Crippen molar-refractivity contribution in [2.45, 2.75) is 65.2 Å². The summed E-state index contributed by atoms with van der Waals surface area (Å²) in [6, 6.07) is 4.73. The average molecular weight is 331 g/mol. The third-order valence-corrected chi connectivity index (χ3v) is 6.60. The first-order chi connectivity index (χ1) is 10.9. The first kappa shape index (κ1) is 16.0. The van der Waals surface area contributed by atoms with Crippen molar-refractivity contribution in [2.24, 2.45) is 0 Å². The lowest BCUT2D eigenvalue weighted by Crippen LogP contribution is -1.97. The summed E-state index contributed by atoms with van der Waals surface area (Å²) in [6.07, 6.45) is 10.5. The fourth-order valence-electron chi connectivity index (χ4n) is 3.45. The zero-order valence-corrected chi connectivity index (χ0v) is 15.4. The van der Waals surface area contributed by atoms with Crippen LogP contribution in [0.5, 0.6) is 0 Å². The predicted molar refractivity (Wildman–Crippen MR) is 104 cm³/mol. The van der Waals surface area contributed by atoms with Crippen LogP contribution in [-0.2, 0) is 12.8 Å². The molecular formula is C20H26S2. The van der Waals surface area contributed by atoms with Gasteiger partial charge in [-0.2, -0.15) is 0 Å². The predicted octanol–water partition coefficient (Wildman–Crippen LogP) is 7.58. The third kappa shape index (κ3) is 3.09. The van der Waals surface area contributed by atoms with Crippen LogP contribution >= 0.6 is 22.7 Å². The highest BCUT2D eigenvalue weighted by atomic mass is 32.1. The summed E-state index contributed by atoms with van der Waals surface area (Å²) < 4.78 is 3.05. The van der Waals surface area contributed by atoms with Gasteiger partial charge in [-0.05, 0) is 70.5 Å². The van der Waals surface area contributed by atoms with Crippen LogP contribution in [0.1, 0.15) is 63.5 Å². The molecule has 22 heavy (non-hydrogen) atoms. The van der Waals surface area contributed by atoms with Crippen molar-refractivity contribution in [3.8, 4) is 0 Å². The molecule has 0 spiro atoms. The fourth-order valence-corrected chi connectivity index (χ4v) is 5.48. The molecule has 0 atom stereocenters. The number of hydrogen-bond acceptors (Lipinski definition) is 2. The highest BCUT2D eigenvalue weighted by Gasteiger charge is 2.15. The fraction of sp³-hybridized carbons (Fsp3) is 0.500. The molecule has 2 heteroatoms. The van der Waals surface area contributed by atoms with Crippen molar-refractivity contribution >= 4 is 42.8 Å². The van der Waals surface area contributed by atoms with Crippen molar-refractivity contribution < 1.29 is 0 Å². The molecule has 0 aliphatic carbocycles. The van der Waals surface area contributed by atoms with Crippen LogP contribution < -0.4 is 0 Å². The quantitative estimate of drug-likeness (QED) is 0.373. The maximum atomic E-state index is 2.36. The van der Waals surface area contributed by atoms with Gasteiger partial charge in [0.05, 0.1) is 9.40 Å². The molecule has 2 aromatic heterocycles. The molecule has 3 aromatic rings. The smallest absolute Gasteiger partial charge is 0.0523 e. The van der Waals surface area contributed by atoms with Crippen LogP contribution in [0.15, 0.2) is 22.9 Å². The second-order valence-corrected chi connectivity index (χ2v) is 8.03. The normalized spacial score (nSPS) is 11.7. The van der Waals surface area contributed by atoms with E-state index in [0.717, 1.165) is 0 Å². The molecule has 0 amide bonds. The number of unbranched alkanes of at least 4 members (excludes halogenated alkanes) is 4. The Kier molecular flexibility index (Phi) is 5.54. The summed E-state index contributed by atoms with van der Waals surface area (Å²) in [4.78, 5) is 0. The van der Waals surface area contributed by atoms with Crippen LogP contribution in [0, 0.1) is 0 Å². The van der Waals surface area contributed by atoms with Crippen LogP contribution in [-0.4, -0.2) is 0 Å². The van der Waals surface area contributed by atoms with E-state index >= 15 is 0 Å². The molecule has 0 nitrogen and oxygen atoms in total. The summed E-state index contributed by atoms with van der Waals surface area (Å²) in [6.45, 7) is 4.59. The molecule has 0 radical (unpaired) electrons. The van der Waals surface area contributed by atoms with Gasteiger partial charge in [0, 0.05) is 0 Å². The topological polar surface area (TPSA) is 0 Å². The van der Waals surface area contributed by atoms with Gasteiger partial charge in [0.25, 0.3) is 0 Å². The average Bonchev–Trinajstić information content (AvgIpc) is 3.17. The van der Waals surface area contributed by atoms with E-state index < -0.39 is 0 Å². The van der Waals surface area contributed by atoms with Gasteiger partial charge < -0.3 is 0 Å². The van der Waals surface area contributed by atoms with Gasteiger partial charge in [0.2, 0.25) is 0 Å². The Labute approximate surface area is 142 Å². The standard InChI is InChI=1S/C20H26S2/c1-3-5-7-9-15-16(10-8-6-4-2)18-12-14-22-20(18)19-17(15)11-13-21-19/h11-14H,3-10H2,1-2H3. The Morgan fingerprint density at radius 3 is 1.55 bits per heavy atom. The SMILES string of the molecule is CCCCCc1c(CCCCC)c2ccsc2c2sccc12. The second-order valence-electron chi connectivity index (χ2n) is 6.20. The minimum Gasteiger partial charge on any atom is -0.142 e. The lowest BCUT2D eigenvalue weighted by atomic mass is 9.92. The van der Waals surface area contributed by atoms with E-state index in [4.69, 9.17) is 0 Å². The third-order valence-electron chi connectivity index (χ3n) is 4.61. The number of thiophene rings is 2. The maximum absolute atomic E-state index is 2.36. The highest BCUT2D eigenvalue weighted by Crippen LogP contribution is 2.40. The maximum Gasteiger partial charge on any atom is 0.0523 e. The van der Waals surface area contributed by atoms with E-state index in [1.807, 2.05) is 22.7 Å². The Morgan fingerprint density at radius 1 is 0.682 bits per heavy atom. The monoisotopic (exact) mass is 330 g/mol. The minimum atomic E-state index is 1.26. The molecule has 0 saturated heterocycles. The van der Waals surface area contributed by atoms with Crippen LogP contribution in [0.25, 0.3) is 20.2 Å². The summed E-state index contributed by atoms with van der Waals surface area (Å²) >= 11 is 3.84. The zero-order valence-electron chi connectivity index (χ0n) is 13.8. The Morgan fingerprint density at radius 2 is 1.14 bits per heavy atom. The van der Waals surface area contributed by atoms with Crippen LogP contribution in [0.4, 0.5) is 0 Å². The lowest BCUT2D eigenvalue weighted by molar-refractivity contribution is 0.698. The van der Waals surface area contributed by atoms with Crippen molar-refractivity contribution in [1.82, 2.24) is 0 Å². The number of aryl methyl sites for hydroxylation is 2. The molecule has 0 N–H and O–H groups in total. The molecule has 1 aromatic carbocycles. The van der Waals surface area contributed by atoms with E-state index in [2.05, 4.69) is 36.7 Å². The van der Waals surface area contributed by atoms with Gasteiger partial charge in [-0.25, -0.2) is 0 Å². The zero-order chi connectivity index (χ0) is 15.4. The molecule has 0 bridgehead atoms. The van der Waals surface area contributed by atoms with E-state index in [9.17, 15) is 0 Å². The van der Waals surface area contributed by atoms with Gasteiger partial charge in [-0.15, -0.1) is 22.7 Å². The molecule has 2 heterocycles. The summed E-state index contributed by atoms with van der Waals surface area (Å²) in [5.74, 6) is 0. The second kappa shape index (κ2) is 7.61. The van der Waals surface area contributed by atoms with Crippen LogP contribution in [0.2, 0.25) is 0 Å². The summed E-state index contributed by atoms with van der Waals surface area (Å²) in [7, 11) is 0. The Hall–Kier alpha value is -0.860. The van der Waals surface area contributed by atoms with Gasteiger partial charge >= 0.3 is 0 Å². The molecule has 3 rings (SSSR count). The number of rotatable bonds is 8. The molecular weight excluding hydrogens is 304 g/mol. The van der Waals surface area contributed by atoms with Crippen LogP contribution in [0.3, 0.4) is 0 Å². The molecule has 0 fully saturated rings. The largest absolute Gasteiger partial charge is 0.142 e. The summed E-state index contributed by atoms with van der Waals surface area (Å²) in [5, 5.41) is 7.65. The molecule has 118 valence electrons. The van der Waals surface area contributed by atoms with Crippen molar-refractivity contribution in [3.63, 3.8) is 0 Å². The van der Waals surface area contributed by atoms with Gasteiger partial charge in [-0.3, -0.25) is 0 Å². The molecule has 0 saturated carbocycles. The highest BCUT2D eigenvalue weighted by molar-refractivity contribution is 7.25. The molecule has 0 unspecified atom stereocenters. The van der Waals surface area contributed by atoms with Gasteiger partial charge in [0.15, 0.2) is 0 Å². The van der Waals surface area contributed by atoms with Gasteiger partial charge in [0.1, 0.15) is 0 Å².